The molecule has 0 bridgehead atoms. The minimum atomic E-state index is -0.608. The summed E-state index contributed by atoms with van der Waals surface area (Å²) in [5, 5.41) is 7.51. The summed E-state index contributed by atoms with van der Waals surface area (Å²) in [4.78, 5) is 43.0. The quantitative estimate of drug-likeness (QED) is 0.450. The van der Waals surface area contributed by atoms with Crippen molar-refractivity contribution in [3.05, 3.63) is 65.2 Å². The van der Waals surface area contributed by atoms with Crippen molar-refractivity contribution in [2.24, 2.45) is 0 Å². The Labute approximate surface area is 201 Å². The molecule has 0 atom stereocenters. The van der Waals surface area contributed by atoms with E-state index in [0.29, 0.717) is 27.9 Å². The van der Waals surface area contributed by atoms with Crippen LogP contribution in [0.15, 0.2) is 53.9 Å². The molecule has 3 aromatic rings. The van der Waals surface area contributed by atoms with E-state index in [1.807, 2.05) is 19.9 Å². The van der Waals surface area contributed by atoms with Crippen molar-refractivity contribution in [2.45, 2.75) is 33.4 Å². The van der Waals surface area contributed by atoms with E-state index in [0.717, 1.165) is 0 Å². The summed E-state index contributed by atoms with van der Waals surface area (Å²) in [5.74, 6) is -0.309. The highest BCUT2D eigenvalue weighted by molar-refractivity contribution is 7.14. The van der Waals surface area contributed by atoms with Gasteiger partial charge in [-0.3, -0.25) is 9.69 Å². The maximum Gasteiger partial charge on any atom is 0.340 e. The van der Waals surface area contributed by atoms with Gasteiger partial charge in [0.2, 0.25) is 5.91 Å². The SMILES string of the molecule is COc1ccccc1N(C(C)=O)c1nc(COC(=O)c2ccccc2NC(=O)NC(C)C)cs1. The number of esters is 1. The number of benzene rings is 2. The molecule has 3 rings (SSSR count). The highest BCUT2D eigenvalue weighted by atomic mass is 32.1. The first-order valence-corrected chi connectivity index (χ1v) is 11.4. The zero-order valence-corrected chi connectivity index (χ0v) is 20.1. The lowest BCUT2D eigenvalue weighted by Gasteiger charge is -2.20. The van der Waals surface area contributed by atoms with Gasteiger partial charge in [0.25, 0.3) is 0 Å². The number of urea groups is 1. The van der Waals surface area contributed by atoms with Gasteiger partial charge in [-0.2, -0.15) is 0 Å². The molecule has 178 valence electrons. The van der Waals surface area contributed by atoms with Crippen molar-refractivity contribution in [3.8, 4) is 5.75 Å². The molecule has 34 heavy (non-hydrogen) atoms. The number of hydrogen-bond donors (Lipinski definition) is 2. The van der Waals surface area contributed by atoms with Gasteiger partial charge in [-0.1, -0.05) is 24.3 Å². The third-order valence-electron chi connectivity index (χ3n) is 4.54. The molecule has 3 amide bonds. The van der Waals surface area contributed by atoms with Crippen LogP contribution in [-0.2, 0) is 16.1 Å². The smallest absolute Gasteiger partial charge is 0.340 e. The van der Waals surface area contributed by atoms with Crippen LogP contribution in [0.2, 0.25) is 0 Å². The summed E-state index contributed by atoms with van der Waals surface area (Å²) in [6.45, 7) is 5.01. The first kappa shape index (κ1) is 24.7. The summed E-state index contributed by atoms with van der Waals surface area (Å²) in [7, 11) is 1.53. The van der Waals surface area contributed by atoms with E-state index in [-0.39, 0.29) is 24.1 Å². The van der Waals surface area contributed by atoms with E-state index in [4.69, 9.17) is 9.47 Å². The summed E-state index contributed by atoms with van der Waals surface area (Å²) in [6.07, 6.45) is 0. The highest BCUT2D eigenvalue weighted by Crippen LogP contribution is 2.35. The molecule has 1 aromatic heterocycles. The van der Waals surface area contributed by atoms with Crippen LogP contribution in [0, 0.1) is 0 Å². The molecule has 0 saturated heterocycles. The van der Waals surface area contributed by atoms with Crippen LogP contribution in [0.5, 0.6) is 5.75 Å². The van der Waals surface area contributed by atoms with E-state index in [1.165, 1.54) is 30.3 Å². The molecule has 10 heteroatoms. The number of para-hydroxylation sites is 3. The monoisotopic (exact) mass is 482 g/mol. The number of nitrogens with one attached hydrogen (secondary N) is 2. The van der Waals surface area contributed by atoms with E-state index in [9.17, 15) is 14.4 Å². The molecule has 2 aromatic carbocycles. The zero-order chi connectivity index (χ0) is 24.7. The summed E-state index contributed by atoms with van der Waals surface area (Å²) < 4.78 is 10.8. The normalized spacial score (nSPS) is 10.5. The fraction of sp³-hybridized carbons (Fsp3) is 0.250. The minimum Gasteiger partial charge on any atom is -0.495 e. The van der Waals surface area contributed by atoms with Gasteiger partial charge < -0.3 is 20.1 Å². The number of anilines is 3. The topological polar surface area (TPSA) is 110 Å². The molecule has 0 aliphatic rings. The predicted molar refractivity (Wildman–Crippen MR) is 131 cm³/mol. The Kier molecular flexibility index (Phi) is 8.20. The molecular weight excluding hydrogens is 456 g/mol. The van der Waals surface area contributed by atoms with E-state index in [1.54, 1.807) is 47.8 Å². The molecule has 0 radical (unpaired) electrons. The predicted octanol–water partition coefficient (Wildman–Crippen LogP) is 4.72. The van der Waals surface area contributed by atoms with E-state index < -0.39 is 12.0 Å². The molecule has 0 spiro atoms. The maximum absolute atomic E-state index is 12.7. The standard InChI is InChI=1S/C24H26N4O5S/c1-15(2)25-23(31)27-19-10-6-5-9-18(19)22(30)33-13-17-14-34-24(26-17)28(16(3)29)20-11-7-8-12-21(20)32-4/h5-12,14-15H,13H2,1-4H3,(H2,25,27,31). The average molecular weight is 483 g/mol. The molecule has 0 fully saturated rings. The summed E-state index contributed by atoms with van der Waals surface area (Å²) in [6, 6.07) is 13.3. The fourth-order valence-electron chi connectivity index (χ4n) is 3.10. The Morgan fingerprint density at radius 1 is 1.09 bits per heavy atom. The number of thiazole rings is 1. The second kappa shape index (κ2) is 11.3. The second-order valence-electron chi connectivity index (χ2n) is 7.52. The van der Waals surface area contributed by atoms with Crippen molar-refractivity contribution in [1.82, 2.24) is 10.3 Å². The zero-order valence-electron chi connectivity index (χ0n) is 19.3. The number of carbonyl (C=O) groups is 3. The molecule has 0 unspecified atom stereocenters. The number of nitrogens with zero attached hydrogens (tertiary/aromatic N) is 2. The Balaban J connectivity index is 1.72. The molecule has 0 saturated carbocycles. The van der Waals surface area contributed by atoms with Gasteiger partial charge in [-0.05, 0) is 38.1 Å². The maximum atomic E-state index is 12.7. The minimum absolute atomic E-state index is 0.0524. The molecule has 2 N–H and O–H groups in total. The van der Waals surface area contributed by atoms with Gasteiger partial charge >= 0.3 is 12.0 Å². The number of hydrogen-bond acceptors (Lipinski definition) is 7. The van der Waals surface area contributed by atoms with Crippen LogP contribution in [0.25, 0.3) is 0 Å². The first-order chi connectivity index (χ1) is 16.3. The van der Waals surface area contributed by atoms with Crippen LogP contribution in [0.3, 0.4) is 0 Å². The Morgan fingerprint density at radius 3 is 2.50 bits per heavy atom. The third-order valence-corrected chi connectivity index (χ3v) is 5.41. The van der Waals surface area contributed by atoms with Crippen molar-refractivity contribution in [2.75, 3.05) is 17.3 Å². The van der Waals surface area contributed by atoms with Crippen molar-refractivity contribution in [1.29, 1.82) is 0 Å². The van der Waals surface area contributed by atoms with E-state index >= 15 is 0 Å². The van der Waals surface area contributed by atoms with Gasteiger partial charge in [0, 0.05) is 18.3 Å². The summed E-state index contributed by atoms with van der Waals surface area (Å²) in [5.41, 5.74) is 1.60. The lowest BCUT2D eigenvalue weighted by molar-refractivity contribution is -0.115. The largest absolute Gasteiger partial charge is 0.495 e. The summed E-state index contributed by atoms with van der Waals surface area (Å²) >= 11 is 1.25. The lowest BCUT2D eigenvalue weighted by Crippen LogP contribution is -2.34. The Bertz CT molecular complexity index is 1180. The number of amides is 3. The molecule has 0 aliphatic heterocycles. The van der Waals surface area contributed by atoms with Crippen LogP contribution < -0.4 is 20.3 Å². The van der Waals surface area contributed by atoms with Crippen molar-refractivity contribution in [3.63, 3.8) is 0 Å². The van der Waals surface area contributed by atoms with Crippen LogP contribution >= 0.6 is 11.3 Å². The number of aromatic nitrogens is 1. The fourth-order valence-corrected chi connectivity index (χ4v) is 3.96. The number of ether oxygens (including phenoxy) is 2. The van der Waals surface area contributed by atoms with E-state index in [2.05, 4.69) is 15.6 Å². The van der Waals surface area contributed by atoms with Crippen molar-refractivity contribution < 1.29 is 23.9 Å². The molecule has 9 nitrogen and oxygen atoms in total. The third kappa shape index (κ3) is 6.10. The van der Waals surface area contributed by atoms with Crippen LogP contribution in [0.1, 0.15) is 36.8 Å². The number of methoxy groups -OCH3 is 1. The number of carbonyl (C=O) groups excluding carboxylic acids is 3. The van der Waals surface area contributed by atoms with Crippen LogP contribution in [-0.4, -0.2) is 36.0 Å². The first-order valence-electron chi connectivity index (χ1n) is 10.5. The van der Waals surface area contributed by atoms with Gasteiger partial charge in [0.05, 0.1) is 29.7 Å². The molecule has 1 heterocycles. The van der Waals surface area contributed by atoms with Gasteiger partial charge in [0.15, 0.2) is 5.13 Å². The number of rotatable bonds is 8. The average Bonchev–Trinajstić information content (AvgIpc) is 3.26. The lowest BCUT2D eigenvalue weighted by atomic mass is 10.2. The van der Waals surface area contributed by atoms with Crippen LogP contribution in [0.4, 0.5) is 21.3 Å². The molecule has 0 aliphatic carbocycles. The Morgan fingerprint density at radius 2 is 1.79 bits per heavy atom. The van der Waals surface area contributed by atoms with Crippen molar-refractivity contribution >= 4 is 45.8 Å². The van der Waals surface area contributed by atoms with Gasteiger partial charge in [0.1, 0.15) is 12.4 Å². The highest BCUT2D eigenvalue weighted by Gasteiger charge is 2.22. The second-order valence-corrected chi connectivity index (χ2v) is 8.36. The molecular formula is C24H26N4O5S. The van der Waals surface area contributed by atoms with Gasteiger partial charge in [-0.25, -0.2) is 14.6 Å². The Hall–Kier alpha value is -3.92. The van der Waals surface area contributed by atoms with Gasteiger partial charge in [-0.15, -0.1) is 11.3 Å².